The lowest BCUT2D eigenvalue weighted by Crippen LogP contribution is -2.26. The van der Waals surface area contributed by atoms with Crippen molar-refractivity contribution in [3.05, 3.63) is 10.9 Å². The highest BCUT2D eigenvalue weighted by Gasteiger charge is 2.18. The van der Waals surface area contributed by atoms with Gasteiger partial charge in [-0.3, -0.25) is 5.41 Å². The summed E-state index contributed by atoms with van der Waals surface area (Å²) in [4.78, 5) is 2.98. The van der Waals surface area contributed by atoms with Crippen molar-refractivity contribution in [2.24, 2.45) is 0 Å². The molecule has 1 aliphatic rings. The predicted molar refractivity (Wildman–Crippen MR) is 56.3 cm³/mol. The monoisotopic (exact) mass is 211 g/mol. The number of nitrogens with one attached hydrogen (secondary N) is 1. The van der Waals surface area contributed by atoms with Gasteiger partial charge >= 0.3 is 0 Å². The predicted octanol–water partition coefficient (Wildman–Crippen LogP) is 1.57. The summed E-state index contributed by atoms with van der Waals surface area (Å²) in [6.45, 7) is 2.00. The lowest BCUT2D eigenvalue weighted by molar-refractivity contribution is 0.402. The van der Waals surface area contributed by atoms with Crippen LogP contribution in [0, 0.1) is 5.41 Å². The highest BCUT2D eigenvalue weighted by molar-refractivity contribution is 7.08. The van der Waals surface area contributed by atoms with Crippen molar-refractivity contribution in [1.82, 2.24) is 9.27 Å². The van der Waals surface area contributed by atoms with Crippen molar-refractivity contribution in [3.8, 4) is 5.88 Å². The largest absolute Gasteiger partial charge is 0.480 e. The van der Waals surface area contributed by atoms with Gasteiger partial charge in [0.25, 0.3) is 0 Å². The summed E-state index contributed by atoms with van der Waals surface area (Å²) in [6.07, 6.45) is 2.39. The smallest absolute Gasteiger partial charge is 0.225 e. The van der Waals surface area contributed by atoms with Crippen molar-refractivity contribution < 1.29 is 4.74 Å². The summed E-state index contributed by atoms with van der Waals surface area (Å²) < 4.78 is 9.07. The highest BCUT2D eigenvalue weighted by atomic mass is 32.1. The van der Waals surface area contributed by atoms with Crippen LogP contribution in [-0.4, -0.2) is 35.3 Å². The summed E-state index contributed by atoms with van der Waals surface area (Å²) in [7, 11) is 1.60. The number of ether oxygens (including phenoxy) is 1. The van der Waals surface area contributed by atoms with Gasteiger partial charge in [-0.15, -0.1) is 0 Å². The first-order chi connectivity index (χ1) is 6.81. The summed E-state index contributed by atoms with van der Waals surface area (Å²) in [6, 6.07) is 1.82. The van der Waals surface area contributed by atoms with Crippen LogP contribution in [0.3, 0.4) is 0 Å². The van der Waals surface area contributed by atoms with E-state index in [1.54, 1.807) is 7.11 Å². The molecule has 1 fully saturated rings. The number of amidine groups is 1. The molecule has 0 aliphatic carbocycles. The second-order valence-corrected chi connectivity index (χ2v) is 4.08. The molecule has 1 saturated heterocycles. The maximum Gasteiger partial charge on any atom is 0.225 e. The van der Waals surface area contributed by atoms with Crippen molar-refractivity contribution in [2.45, 2.75) is 12.8 Å². The molecular weight excluding hydrogens is 198 g/mol. The molecule has 1 aromatic heterocycles. The number of hydrogen-bond donors (Lipinski definition) is 1. The molecule has 0 bridgehead atoms. The third-order valence-electron chi connectivity index (χ3n) is 2.35. The Morgan fingerprint density at radius 1 is 1.57 bits per heavy atom. The Kier molecular flexibility index (Phi) is 2.67. The van der Waals surface area contributed by atoms with Gasteiger partial charge in [0.15, 0.2) is 0 Å². The van der Waals surface area contributed by atoms with Crippen molar-refractivity contribution >= 4 is 17.4 Å². The molecule has 1 aliphatic heterocycles. The summed E-state index contributed by atoms with van der Waals surface area (Å²) in [5, 5.41) is 7.96. The van der Waals surface area contributed by atoms with E-state index in [0.29, 0.717) is 11.7 Å². The fraction of sp³-hybridized carbons (Fsp3) is 0.556. The molecule has 0 saturated carbocycles. The molecule has 2 rings (SSSR count). The Bertz CT molecular complexity index is 331. The molecule has 0 radical (unpaired) electrons. The van der Waals surface area contributed by atoms with Crippen LogP contribution in [0.2, 0.25) is 0 Å². The molecule has 76 valence electrons. The van der Waals surface area contributed by atoms with Crippen molar-refractivity contribution in [2.75, 3.05) is 20.2 Å². The average Bonchev–Trinajstić information content (AvgIpc) is 2.88. The van der Waals surface area contributed by atoms with Crippen LogP contribution in [0.15, 0.2) is 6.07 Å². The molecule has 2 heterocycles. The number of hydrogen-bond acceptors (Lipinski definition) is 4. The van der Waals surface area contributed by atoms with Gasteiger partial charge in [-0.1, -0.05) is 0 Å². The third kappa shape index (κ3) is 1.72. The minimum atomic E-state index is 0.586. The number of likely N-dealkylation sites (tertiary alicyclic amines) is 1. The maximum atomic E-state index is 7.96. The summed E-state index contributed by atoms with van der Waals surface area (Å²) >= 11 is 1.33. The minimum Gasteiger partial charge on any atom is -0.480 e. The quantitative estimate of drug-likeness (QED) is 0.596. The molecule has 0 unspecified atom stereocenters. The number of rotatable bonds is 2. The Hall–Kier alpha value is -1.10. The van der Waals surface area contributed by atoms with E-state index < -0.39 is 0 Å². The first-order valence-corrected chi connectivity index (χ1v) is 5.43. The Morgan fingerprint density at radius 2 is 2.29 bits per heavy atom. The topological polar surface area (TPSA) is 49.2 Å². The van der Waals surface area contributed by atoms with Gasteiger partial charge in [-0.05, 0) is 24.4 Å². The maximum absolute atomic E-state index is 7.96. The molecule has 0 aromatic carbocycles. The summed E-state index contributed by atoms with van der Waals surface area (Å²) in [5.74, 6) is 1.19. The normalized spacial score (nSPS) is 15.9. The Balaban J connectivity index is 2.09. The summed E-state index contributed by atoms with van der Waals surface area (Å²) in [5.41, 5.74) is 0. The van der Waals surface area contributed by atoms with E-state index in [2.05, 4.69) is 9.27 Å². The van der Waals surface area contributed by atoms with E-state index in [-0.39, 0.29) is 0 Å². The van der Waals surface area contributed by atoms with Crippen molar-refractivity contribution in [3.63, 3.8) is 0 Å². The zero-order valence-corrected chi connectivity index (χ0v) is 8.93. The number of methoxy groups -OCH3 is 1. The van der Waals surface area contributed by atoms with Gasteiger partial charge in [-0.2, -0.15) is 4.37 Å². The minimum absolute atomic E-state index is 0.586. The SMILES string of the molecule is COc1cc(C(=N)N2CCCC2)sn1. The Morgan fingerprint density at radius 3 is 2.86 bits per heavy atom. The Labute approximate surface area is 87.2 Å². The van der Waals surface area contributed by atoms with Crippen LogP contribution in [0.25, 0.3) is 0 Å². The van der Waals surface area contributed by atoms with Gasteiger partial charge < -0.3 is 9.64 Å². The van der Waals surface area contributed by atoms with E-state index in [1.807, 2.05) is 6.07 Å². The van der Waals surface area contributed by atoms with Gasteiger partial charge in [0.05, 0.1) is 12.0 Å². The molecular formula is C9H13N3OS. The molecule has 0 spiro atoms. The first kappa shape index (κ1) is 9.45. The lowest BCUT2D eigenvalue weighted by Gasteiger charge is -2.16. The average molecular weight is 211 g/mol. The van der Waals surface area contributed by atoms with Gasteiger partial charge in [-0.25, -0.2) is 0 Å². The highest BCUT2D eigenvalue weighted by Crippen LogP contribution is 2.20. The van der Waals surface area contributed by atoms with E-state index in [9.17, 15) is 0 Å². The number of nitrogens with zero attached hydrogens (tertiary/aromatic N) is 2. The van der Waals surface area contributed by atoms with Crippen LogP contribution in [-0.2, 0) is 0 Å². The zero-order valence-electron chi connectivity index (χ0n) is 8.12. The second kappa shape index (κ2) is 3.96. The molecule has 1 aromatic rings. The second-order valence-electron chi connectivity index (χ2n) is 3.28. The molecule has 4 nitrogen and oxygen atoms in total. The zero-order chi connectivity index (χ0) is 9.97. The molecule has 0 atom stereocenters. The number of aromatic nitrogens is 1. The van der Waals surface area contributed by atoms with Gasteiger partial charge in [0, 0.05) is 19.2 Å². The van der Waals surface area contributed by atoms with Crippen LogP contribution < -0.4 is 4.74 Å². The van der Waals surface area contributed by atoms with E-state index >= 15 is 0 Å². The van der Waals surface area contributed by atoms with E-state index in [1.165, 1.54) is 24.4 Å². The van der Waals surface area contributed by atoms with Crippen LogP contribution >= 0.6 is 11.5 Å². The molecule has 1 N–H and O–H groups in total. The van der Waals surface area contributed by atoms with Crippen molar-refractivity contribution in [1.29, 1.82) is 5.41 Å². The van der Waals surface area contributed by atoms with Crippen LogP contribution in [0.5, 0.6) is 5.88 Å². The first-order valence-electron chi connectivity index (χ1n) is 4.66. The van der Waals surface area contributed by atoms with Crippen LogP contribution in [0.4, 0.5) is 0 Å². The fourth-order valence-corrected chi connectivity index (χ4v) is 2.25. The molecule has 5 heteroatoms. The third-order valence-corrected chi connectivity index (χ3v) is 3.13. The van der Waals surface area contributed by atoms with Gasteiger partial charge in [0.2, 0.25) is 5.88 Å². The van der Waals surface area contributed by atoms with Crippen LogP contribution in [0.1, 0.15) is 17.7 Å². The van der Waals surface area contributed by atoms with E-state index in [4.69, 9.17) is 10.1 Å². The lowest BCUT2D eigenvalue weighted by atomic mass is 10.4. The fourth-order valence-electron chi connectivity index (χ4n) is 1.56. The van der Waals surface area contributed by atoms with E-state index in [0.717, 1.165) is 18.0 Å². The molecule has 14 heavy (non-hydrogen) atoms. The molecule has 0 amide bonds. The standard InChI is InChI=1S/C9H13N3OS/c1-13-8-6-7(14-11-8)9(10)12-4-2-3-5-12/h6,10H,2-5H2,1H3. The van der Waals surface area contributed by atoms with Gasteiger partial charge in [0.1, 0.15) is 5.84 Å².